The Balaban J connectivity index is 1.72. The van der Waals surface area contributed by atoms with Crippen LogP contribution in [0.15, 0.2) is 0 Å². The van der Waals surface area contributed by atoms with Crippen molar-refractivity contribution in [3.8, 4) is 0 Å². The maximum atomic E-state index is 13.0. The highest BCUT2D eigenvalue weighted by molar-refractivity contribution is 4.85. The van der Waals surface area contributed by atoms with Gasteiger partial charge in [0.05, 0.1) is 5.92 Å². The molecule has 0 radical (unpaired) electrons. The fourth-order valence-electron chi connectivity index (χ4n) is 3.25. The van der Waals surface area contributed by atoms with Gasteiger partial charge in [-0.25, -0.2) is 0 Å². The highest BCUT2D eigenvalue weighted by atomic mass is 19.4. The number of nitrogens with zero attached hydrogens (tertiary/aromatic N) is 2. The lowest BCUT2D eigenvalue weighted by Gasteiger charge is -2.35. The molecule has 0 amide bonds. The van der Waals surface area contributed by atoms with E-state index < -0.39 is 12.1 Å². The summed E-state index contributed by atoms with van der Waals surface area (Å²) >= 11 is 0. The number of hydrogen-bond donors (Lipinski definition) is 1. The van der Waals surface area contributed by atoms with Crippen LogP contribution >= 0.6 is 0 Å². The molecule has 118 valence electrons. The smallest absolute Gasteiger partial charge is 0.312 e. The van der Waals surface area contributed by atoms with Gasteiger partial charge in [-0.1, -0.05) is 12.8 Å². The van der Waals surface area contributed by atoms with Crippen molar-refractivity contribution in [3.05, 3.63) is 0 Å². The molecule has 2 rings (SSSR count). The van der Waals surface area contributed by atoms with E-state index in [-0.39, 0.29) is 12.5 Å². The summed E-state index contributed by atoms with van der Waals surface area (Å²) in [6.07, 6.45) is -1.48. The summed E-state index contributed by atoms with van der Waals surface area (Å²) in [6, 6.07) is -0.379. The molecular weight excluding hydrogens is 267 g/mol. The minimum Gasteiger partial charge on any atom is -0.312 e. The highest BCUT2D eigenvalue weighted by Crippen LogP contribution is 2.37. The first-order valence-electron chi connectivity index (χ1n) is 7.68. The molecule has 2 atom stereocenters. The van der Waals surface area contributed by atoms with E-state index in [0.717, 1.165) is 39.1 Å². The molecule has 3 nitrogen and oxygen atoms in total. The molecule has 0 aromatic heterocycles. The van der Waals surface area contributed by atoms with E-state index in [1.54, 1.807) is 0 Å². The standard InChI is InChI=1S/C14H26F3N3/c1-19-8-10-20(11-9-19)7-6-18-13-5-3-2-4-12(13)14(15,16)17/h12-13,18H,2-11H2,1H3. The summed E-state index contributed by atoms with van der Waals surface area (Å²) in [5, 5.41) is 3.16. The van der Waals surface area contributed by atoms with E-state index in [1.807, 2.05) is 0 Å². The monoisotopic (exact) mass is 293 g/mol. The molecule has 0 aromatic carbocycles. The first-order chi connectivity index (χ1) is 9.47. The molecule has 2 unspecified atom stereocenters. The second-order valence-corrected chi connectivity index (χ2v) is 6.14. The molecule has 0 bridgehead atoms. The maximum Gasteiger partial charge on any atom is 0.393 e. The van der Waals surface area contributed by atoms with Crippen LogP contribution in [0.3, 0.4) is 0 Å². The fourth-order valence-corrected chi connectivity index (χ4v) is 3.25. The SMILES string of the molecule is CN1CCN(CCNC2CCCCC2C(F)(F)F)CC1. The van der Waals surface area contributed by atoms with Gasteiger partial charge in [0.2, 0.25) is 0 Å². The average Bonchev–Trinajstić information content (AvgIpc) is 2.40. The molecule has 1 heterocycles. The van der Waals surface area contributed by atoms with Crippen LogP contribution in [0.5, 0.6) is 0 Å². The van der Waals surface area contributed by atoms with Crippen molar-refractivity contribution in [2.24, 2.45) is 5.92 Å². The van der Waals surface area contributed by atoms with E-state index in [2.05, 4.69) is 22.2 Å². The van der Waals surface area contributed by atoms with Gasteiger partial charge in [0.25, 0.3) is 0 Å². The normalized spacial score (nSPS) is 30.6. The second kappa shape index (κ2) is 7.09. The minimum atomic E-state index is -4.05. The van der Waals surface area contributed by atoms with Crippen LogP contribution in [-0.2, 0) is 0 Å². The Hall–Kier alpha value is -0.330. The number of likely N-dealkylation sites (N-methyl/N-ethyl adjacent to an activating group) is 1. The molecule has 0 spiro atoms. The lowest BCUT2D eigenvalue weighted by molar-refractivity contribution is -0.188. The Labute approximate surface area is 119 Å². The van der Waals surface area contributed by atoms with E-state index in [0.29, 0.717) is 19.4 Å². The van der Waals surface area contributed by atoms with Crippen molar-refractivity contribution < 1.29 is 13.2 Å². The van der Waals surface area contributed by atoms with Gasteiger partial charge in [0.1, 0.15) is 0 Å². The van der Waals surface area contributed by atoms with Crippen molar-refractivity contribution in [1.29, 1.82) is 0 Å². The van der Waals surface area contributed by atoms with Crippen LogP contribution in [0.2, 0.25) is 0 Å². The lowest BCUT2D eigenvalue weighted by Crippen LogP contribution is -2.50. The largest absolute Gasteiger partial charge is 0.393 e. The maximum absolute atomic E-state index is 13.0. The number of nitrogens with one attached hydrogen (secondary N) is 1. The summed E-state index contributed by atoms with van der Waals surface area (Å²) in [7, 11) is 2.10. The van der Waals surface area contributed by atoms with Crippen LogP contribution < -0.4 is 5.32 Å². The summed E-state index contributed by atoms with van der Waals surface area (Å²) in [4.78, 5) is 4.61. The zero-order valence-electron chi connectivity index (χ0n) is 12.3. The fraction of sp³-hybridized carbons (Fsp3) is 1.00. The van der Waals surface area contributed by atoms with E-state index >= 15 is 0 Å². The average molecular weight is 293 g/mol. The van der Waals surface area contributed by atoms with Gasteiger partial charge in [0.15, 0.2) is 0 Å². The Kier molecular flexibility index (Phi) is 5.69. The second-order valence-electron chi connectivity index (χ2n) is 6.14. The predicted octanol–water partition coefficient (Wildman–Crippen LogP) is 1.94. The molecular formula is C14H26F3N3. The molecule has 1 aliphatic heterocycles. The van der Waals surface area contributed by atoms with Gasteiger partial charge in [-0.05, 0) is 19.9 Å². The third-order valence-corrected chi connectivity index (χ3v) is 4.62. The van der Waals surface area contributed by atoms with Gasteiger partial charge in [-0.3, -0.25) is 4.90 Å². The van der Waals surface area contributed by atoms with Gasteiger partial charge >= 0.3 is 6.18 Å². The van der Waals surface area contributed by atoms with E-state index in [1.165, 1.54) is 0 Å². The Morgan fingerprint density at radius 2 is 1.70 bits per heavy atom. The molecule has 0 aromatic rings. The van der Waals surface area contributed by atoms with Crippen LogP contribution in [0.4, 0.5) is 13.2 Å². The molecule has 1 saturated heterocycles. The van der Waals surface area contributed by atoms with E-state index in [9.17, 15) is 13.2 Å². The van der Waals surface area contributed by atoms with Crippen LogP contribution in [0, 0.1) is 5.92 Å². The van der Waals surface area contributed by atoms with Crippen molar-refractivity contribution in [3.63, 3.8) is 0 Å². The first-order valence-corrected chi connectivity index (χ1v) is 7.68. The Morgan fingerprint density at radius 1 is 1.05 bits per heavy atom. The predicted molar refractivity (Wildman–Crippen MR) is 73.7 cm³/mol. The van der Waals surface area contributed by atoms with Gasteiger partial charge in [-0.15, -0.1) is 0 Å². The molecule has 1 saturated carbocycles. The third-order valence-electron chi connectivity index (χ3n) is 4.62. The third kappa shape index (κ3) is 4.60. The number of halogens is 3. The van der Waals surface area contributed by atoms with Crippen molar-refractivity contribution >= 4 is 0 Å². The summed E-state index contributed by atoms with van der Waals surface area (Å²) in [5.41, 5.74) is 0. The van der Waals surface area contributed by atoms with Crippen molar-refractivity contribution in [1.82, 2.24) is 15.1 Å². The van der Waals surface area contributed by atoms with Gasteiger partial charge < -0.3 is 10.2 Å². The molecule has 1 aliphatic carbocycles. The quantitative estimate of drug-likeness (QED) is 0.854. The summed E-state index contributed by atoms with van der Waals surface area (Å²) < 4.78 is 38.9. The Morgan fingerprint density at radius 3 is 2.35 bits per heavy atom. The zero-order valence-corrected chi connectivity index (χ0v) is 12.3. The molecule has 2 fully saturated rings. The van der Waals surface area contributed by atoms with Crippen LogP contribution in [0.25, 0.3) is 0 Å². The molecule has 2 aliphatic rings. The van der Waals surface area contributed by atoms with Crippen LogP contribution in [-0.4, -0.2) is 68.3 Å². The van der Waals surface area contributed by atoms with E-state index in [4.69, 9.17) is 0 Å². The van der Waals surface area contributed by atoms with Crippen LogP contribution in [0.1, 0.15) is 25.7 Å². The molecule has 20 heavy (non-hydrogen) atoms. The Bertz CT molecular complexity index is 288. The highest BCUT2D eigenvalue weighted by Gasteiger charge is 2.45. The summed E-state index contributed by atoms with van der Waals surface area (Å²) in [5.74, 6) is -1.15. The number of alkyl halides is 3. The van der Waals surface area contributed by atoms with Crippen molar-refractivity contribution in [2.45, 2.75) is 37.9 Å². The number of rotatable bonds is 4. The van der Waals surface area contributed by atoms with Gasteiger partial charge in [-0.2, -0.15) is 13.2 Å². The lowest BCUT2D eigenvalue weighted by atomic mass is 9.84. The van der Waals surface area contributed by atoms with Crippen molar-refractivity contribution in [2.75, 3.05) is 46.3 Å². The van der Waals surface area contributed by atoms with Gasteiger partial charge in [0, 0.05) is 45.3 Å². The first kappa shape index (κ1) is 16.0. The topological polar surface area (TPSA) is 18.5 Å². The molecule has 6 heteroatoms. The number of hydrogen-bond acceptors (Lipinski definition) is 3. The molecule has 1 N–H and O–H groups in total. The summed E-state index contributed by atoms with van der Waals surface area (Å²) in [6.45, 7) is 5.66. The number of piperazine rings is 1. The minimum absolute atomic E-state index is 0.287. The zero-order chi connectivity index (χ0) is 14.6.